The Balaban J connectivity index is 1.65. The van der Waals surface area contributed by atoms with Gasteiger partial charge < -0.3 is 19.4 Å². The molecule has 6 heteroatoms. The molecule has 1 unspecified atom stereocenters. The van der Waals surface area contributed by atoms with Crippen LogP contribution in [0.4, 0.5) is 0 Å². The second kappa shape index (κ2) is 6.19. The van der Waals surface area contributed by atoms with Crippen molar-refractivity contribution < 1.29 is 13.9 Å². The summed E-state index contributed by atoms with van der Waals surface area (Å²) in [4.78, 5) is 25.2. The van der Waals surface area contributed by atoms with Crippen molar-refractivity contribution in [2.24, 2.45) is 0 Å². The minimum Gasteiger partial charge on any atom is -0.484 e. The normalized spacial score (nSPS) is 18.4. The van der Waals surface area contributed by atoms with Crippen molar-refractivity contribution in [1.29, 1.82) is 0 Å². The summed E-state index contributed by atoms with van der Waals surface area (Å²) in [5, 5.41) is 4.10. The summed E-state index contributed by atoms with van der Waals surface area (Å²) in [5.41, 5.74) is 0.0452. The first-order chi connectivity index (χ1) is 10.6. The third-order valence-electron chi connectivity index (χ3n) is 3.68. The Morgan fingerprint density at radius 2 is 2.23 bits per heavy atom. The predicted octanol–water partition coefficient (Wildman–Crippen LogP) is 0.992. The largest absolute Gasteiger partial charge is 0.484 e. The van der Waals surface area contributed by atoms with Crippen molar-refractivity contribution in [3.8, 4) is 5.75 Å². The lowest BCUT2D eigenvalue weighted by Crippen LogP contribution is -2.52. The van der Waals surface area contributed by atoms with Gasteiger partial charge in [-0.1, -0.05) is 0 Å². The summed E-state index contributed by atoms with van der Waals surface area (Å²) in [6, 6.07) is 8.55. The topological polar surface area (TPSA) is 71.8 Å². The van der Waals surface area contributed by atoms with Crippen LogP contribution < -0.4 is 15.7 Å². The maximum atomic E-state index is 12.1. The van der Waals surface area contributed by atoms with E-state index in [2.05, 4.69) is 5.32 Å². The first kappa shape index (κ1) is 14.6. The van der Waals surface area contributed by atoms with Crippen LogP contribution in [0.15, 0.2) is 39.5 Å². The third-order valence-corrected chi connectivity index (χ3v) is 3.68. The van der Waals surface area contributed by atoms with Gasteiger partial charge in [0.05, 0.1) is 0 Å². The number of ether oxygens (including phenoxy) is 1. The van der Waals surface area contributed by atoms with Gasteiger partial charge in [0.1, 0.15) is 11.3 Å². The van der Waals surface area contributed by atoms with E-state index in [1.165, 1.54) is 6.07 Å². The molecule has 116 valence electrons. The van der Waals surface area contributed by atoms with Crippen LogP contribution in [-0.4, -0.2) is 43.1 Å². The number of nitrogens with one attached hydrogen (secondary N) is 1. The fourth-order valence-corrected chi connectivity index (χ4v) is 2.53. The molecule has 1 N–H and O–H groups in total. The molecule has 1 atom stereocenters. The van der Waals surface area contributed by atoms with Crippen LogP contribution in [0.1, 0.15) is 6.92 Å². The molecule has 0 aliphatic carbocycles. The van der Waals surface area contributed by atoms with Crippen LogP contribution in [0, 0.1) is 0 Å². The standard InChI is InChI=1S/C16H18N2O4/c1-11-9-18(7-6-17-11)15(19)10-21-13-4-2-12-3-5-16(20)22-14(12)8-13/h2-5,8,11,17H,6-7,9-10H2,1H3. The van der Waals surface area contributed by atoms with Gasteiger partial charge in [0.2, 0.25) is 0 Å². The summed E-state index contributed by atoms with van der Waals surface area (Å²) in [5.74, 6) is 0.473. The Labute approximate surface area is 127 Å². The number of amides is 1. The fraction of sp³-hybridized carbons (Fsp3) is 0.375. The lowest BCUT2D eigenvalue weighted by Gasteiger charge is -2.31. The fourth-order valence-electron chi connectivity index (χ4n) is 2.53. The highest BCUT2D eigenvalue weighted by atomic mass is 16.5. The highest BCUT2D eigenvalue weighted by Crippen LogP contribution is 2.19. The van der Waals surface area contributed by atoms with E-state index in [4.69, 9.17) is 9.15 Å². The number of carbonyl (C=O) groups excluding carboxylic acids is 1. The molecule has 0 spiro atoms. The highest BCUT2D eigenvalue weighted by molar-refractivity contribution is 5.79. The molecule has 1 amide bonds. The van der Waals surface area contributed by atoms with Gasteiger partial charge >= 0.3 is 5.63 Å². The van der Waals surface area contributed by atoms with Crippen LogP contribution in [0.3, 0.4) is 0 Å². The molecule has 1 aliphatic rings. The Kier molecular flexibility index (Phi) is 4.11. The van der Waals surface area contributed by atoms with Crippen molar-refractivity contribution in [3.63, 3.8) is 0 Å². The molecular formula is C16H18N2O4. The van der Waals surface area contributed by atoms with Crippen LogP contribution in [-0.2, 0) is 4.79 Å². The molecule has 6 nitrogen and oxygen atoms in total. The van der Waals surface area contributed by atoms with Gasteiger partial charge in [-0.25, -0.2) is 4.79 Å². The van der Waals surface area contributed by atoms with Crippen molar-refractivity contribution in [1.82, 2.24) is 10.2 Å². The summed E-state index contributed by atoms with van der Waals surface area (Å²) >= 11 is 0. The number of hydrogen-bond acceptors (Lipinski definition) is 5. The number of fused-ring (bicyclic) bond motifs is 1. The van der Waals surface area contributed by atoms with E-state index in [9.17, 15) is 9.59 Å². The van der Waals surface area contributed by atoms with Gasteiger partial charge in [0.15, 0.2) is 6.61 Å². The van der Waals surface area contributed by atoms with Crippen molar-refractivity contribution in [2.75, 3.05) is 26.2 Å². The summed E-state index contributed by atoms with van der Waals surface area (Å²) < 4.78 is 10.6. The SMILES string of the molecule is CC1CN(C(=O)COc2ccc3ccc(=O)oc3c2)CCN1. The third kappa shape index (κ3) is 3.28. The lowest BCUT2D eigenvalue weighted by molar-refractivity contribution is -0.134. The molecule has 1 aromatic heterocycles. The highest BCUT2D eigenvalue weighted by Gasteiger charge is 2.20. The maximum Gasteiger partial charge on any atom is 0.336 e. The van der Waals surface area contributed by atoms with Crippen molar-refractivity contribution >= 4 is 16.9 Å². The van der Waals surface area contributed by atoms with E-state index >= 15 is 0 Å². The van der Waals surface area contributed by atoms with Gasteiger partial charge in [-0.05, 0) is 25.1 Å². The Morgan fingerprint density at radius 1 is 1.41 bits per heavy atom. The van der Waals surface area contributed by atoms with Gasteiger partial charge in [0.25, 0.3) is 5.91 Å². The zero-order valence-corrected chi connectivity index (χ0v) is 12.4. The monoisotopic (exact) mass is 302 g/mol. The Morgan fingerprint density at radius 3 is 3.05 bits per heavy atom. The van der Waals surface area contributed by atoms with E-state index in [-0.39, 0.29) is 12.5 Å². The molecule has 1 aliphatic heterocycles. The number of hydrogen-bond donors (Lipinski definition) is 1. The molecule has 1 saturated heterocycles. The van der Waals surface area contributed by atoms with E-state index in [1.807, 2.05) is 6.92 Å². The van der Waals surface area contributed by atoms with Gasteiger partial charge in [-0.3, -0.25) is 4.79 Å². The number of benzene rings is 1. The van der Waals surface area contributed by atoms with Crippen molar-refractivity contribution in [2.45, 2.75) is 13.0 Å². The Bertz CT molecular complexity index is 740. The second-order valence-electron chi connectivity index (χ2n) is 5.44. The molecule has 2 heterocycles. The molecule has 1 aromatic carbocycles. The minimum absolute atomic E-state index is 0.0186. The zero-order valence-electron chi connectivity index (χ0n) is 12.4. The lowest BCUT2D eigenvalue weighted by atomic mass is 10.2. The minimum atomic E-state index is -0.407. The summed E-state index contributed by atoms with van der Waals surface area (Å²) in [7, 11) is 0. The average molecular weight is 302 g/mol. The zero-order chi connectivity index (χ0) is 15.5. The molecule has 2 aromatic rings. The number of piperazine rings is 1. The average Bonchev–Trinajstić information content (AvgIpc) is 2.52. The molecule has 3 rings (SSSR count). The van der Waals surface area contributed by atoms with E-state index in [0.29, 0.717) is 30.5 Å². The van der Waals surface area contributed by atoms with E-state index in [1.54, 1.807) is 29.2 Å². The van der Waals surface area contributed by atoms with Crippen LogP contribution in [0.2, 0.25) is 0 Å². The molecular weight excluding hydrogens is 284 g/mol. The molecule has 1 fully saturated rings. The summed E-state index contributed by atoms with van der Waals surface area (Å²) in [6.07, 6.45) is 0. The van der Waals surface area contributed by atoms with E-state index in [0.717, 1.165) is 11.9 Å². The molecule has 22 heavy (non-hydrogen) atoms. The summed E-state index contributed by atoms with van der Waals surface area (Å²) in [6.45, 7) is 4.21. The van der Waals surface area contributed by atoms with Gasteiger partial charge in [-0.2, -0.15) is 0 Å². The second-order valence-corrected chi connectivity index (χ2v) is 5.44. The maximum absolute atomic E-state index is 12.1. The molecule has 0 radical (unpaired) electrons. The van der Waals surface area contributed by atoms with E-state index < -0.39 is 5.63 Å². The predicted molar refractivity (Wildman–Crippen MR) is 82.0 cm³/mol. The first-order valence-electron chi connectivity index (χ1n) is 7.30. The quantitative estimate of drug-likeness (QED) is 0.856. The number of rotatable bonds is 3. The van der Waals surface area contributed by atoms with Crippen LogP contribution >= 0.6 is 0 Å². The van der Waals surface area contributed by atoms with Crippen LogP contribution in [0.25, 0.3) is 11.0 Å². The first-order valence-corrected chi connectivity index (χ1v) is 7.30. The smallest absolute Gasteiger partial charge is 0.336 e. The Hall–Kier alpha value is -2.34. The van der Waals surface area contributed by atoms with Gasteiger partial charge in [-0.15, -0.1) is 0 Å². The van der Waals surface area contributed by atoms with Crippen molar-refractivity contribution in [3.05, 3.63) is 40.8 Å². The number of nitrogens with zero attached hydrogens (tertiary/aromatic N) is 1. The number of carbonyl (C=O) groups is 1. The molecule has 0 saturated carbocycles. The molecule has 0 bridgehead atoms. The van der Waals surface area contributed by atoms with Crippen LogP contribution in [0.5, 0.6) is 5.75 Å². The van der Waals surface area contributed by atoms with Gasteiger partial charge in [0, 0.05) is 43.2 Å².